The quantitative estimate of drug-likeness (QED) is 0.716. The smallest absolute Gasteiger partial charge is 0.353 e. The van der Waals surface area contributed by atoms with Gasteiger partial charge in [0.1, 0.15) is 5.69 Å². The number of aromatic nitrogens is 2. The van der Waals surface area contributed by atoms with Crippen LogP contribution in [-0.4, -0.2) is 32.7 Å². The fraction of sp³-hybridized carbons (Fsp3) is 0.0833. The van der Waals surface area contributed by atoms with E-state index in [1.807, 2.05) is 12.1 Å². The Kier molecular flexibility index (Phi) is 4.80. The summed E-state index contributed by atoms with van der Waals surface area (Å²) in [7, 11) is 0. The van der Waals surface area contributed by atoms with E-state index in [0.29, 0.717) is 10.8 Å². The Bertz CT molecular complexity index is 627. The molecule has 0 saturated carbocycles. The predicted molar refractivity (Wildman–Crippen MR) is 79.0 cm³/mol. The Balaban J connectivity index is 1.85. The summed E-state index contributed by atoms with van der Waals surface area (Å²) < 4.78 is 0.932. The van der Waals surface area contributed by atoms with Crippen molar-refractivity contribution in [3.63, 3.8) is 0 Å². The van der Waals surface area contributed by atoms with Crippen LogP contribution in [0, 0.1) is 0 Å². The summed E-state index contributed by atoms with van der Waals surface area (Å²) in [5.74, 6) is -1.13. The fourth-order valence-electron chi connectivity index (χ4n) is 1.35. The van der Waals surface area contributed by atoms with Crippen LogP contribution in [0.1, 0.15) is 10.5 Å². The van der Waals surface area contributed by atoms with Crippen molar-refractivity contribution in [1.82, 2.24) is 9.97 Å². The van der Waals surface area contributed by atoms with E-state index >= 15 is 0 Å². The molecule has 0 spiro atoms. The molecule has 2 rings (SSSR count). The number of carboxylic acids is 1. The van der Waals surface area contributed by atoms with Crippen molar-refractivity contribution in [2.24, 2.45) is 0 Å². The number of carbonyl (C=O) groups is 2. The summed E-state index contributed by atoms with van der Waals surface area (Å²) >= 11 is 4.45. The van der Waals surface area contributed by atoms with Gasteiger partial charge in [-0.3, -0.25) is 4.79 Å². The number of thioether (sulfide) groups is 1. The Morgan fingerprint density at radius 1 is 1.35 bits per heavy atom. The van der Waals surface area contributed by atoms with Crippen LogP contribution in [-0.2, 0) is 4.79 Å². The first kappa shape index (κ1) is 14.6. The number of carboxylic acid groups (broad SMARTS) is 1. The van der Waals surface area contributed by atoms with Crippen LogP contribution in [0.4, 0.5) is 5.69 Å². The second-order valence-corrected chi connectivity index (χ2v) is 5.63. The summed E-state index contributed by atoms with van der Waals surface area (Å²) in [6.07, 6.45) is 1.22. The molecule has 1 aromatic carbocycles. The zero-order chi connectivity index (χ0) is 14.5. The molecule has 0 atom stereocenters. The van der Waals surface area contributed by atoms with Gasteiger partial charge in [0.25, 0.3) is 0 Å². The first-order valence-corrected chi connectivity index (χ1v) is 7.29. The van der Waals surface area contributed by atoms with Gasteiger partial charge in [-0.1, -0.05) is 27.7 Å². The maximum absolute atomic E-state index is 11.7. The van der Waals surface area contributed by atoms with Crippen LogP contribution in [0.15, 0.2) is 40.1 Å². The van der Waals surface area contributed by atoms with Crippen LogP contribution in [0.5, 0.6) is 0 Å². The molecule has 6 nitrogen and oxygen atoms in total. The molecule has 0 radical (unpaired) electrons. The number of hydrogen-bond donors (Lipinski definition) is 3. The monoisotopic (exact) mass is 355 g/mol. The first-order valence-electron chi connectivity index (χ1n) is 5.51. The van der Waals surface area contributed by atoms with E-state index in [1.54, 1.807) is 12.1 Å². The predicted octanol–water partition coefficient (Wildman–Crippen LogP) is 2.60. The average Bonchev–Trinajstić information content (AvgIpc) is 2.88. The van der Waals surface area contributed by atoms with Gasteiger partial charge >= 0.3 is 5.97 Å². The number of H-pyrrole nitrogens is 1. The highest BCUT2D eigenvalue weighted by atomic mass is 79.9. The van der Waals surface area contributed by atoms with Crippen molar-refractivity contribution >= 4 is 45.3 Å². The molecule has 8 heteroatoms. The summed E-state index contributed by atoms with van der Waals surface area (Å²) in [4.78, 5) is 28.8. The lowest BCUT2D eigenvalue weighted by Gasteiger charge is -2.04. The molecular weight excluding hydrogens is 346 g/mol. The number of nitrogens with zero attached hydrogens (tertiary/aromatic N) is 1. The molecule has 0 aliphatic heterocycles. The zero-order valence-electron chi connectivity index (χ0n) is 10.1. The highest BCUT2D eigenvalue weighted by Crippen LogP contribution is 2.16. The highest BCUT2D eigenvalue weighted by Gasteiger charge is 2.09. The fourth-order valence-corrected chi connectivity index (χ4v) is 2.26. The Labute approximate surface area is 127 Å². The van der Waals surface area contributed by atoms with Gasteiger partial charge in [-0.2, -0.15) is 0 Å². The van der Waals surface area contributed by atoms with E-state index in [0.717, 1.165) is 16.2 Å². The molecule has 104 valence electrons. The SMILES string of the molecule is O=C(CSc1ncc(C(=O)O)[nH]1)Nc1ccc(Br)cc1. The third-order valence-corrected chi connectivity index (χ3v) is 3.67. The Morgan fingerprint density at radius 2 is 2.05 bits per heavy atom. The normalized spacial score (nSPS) is 10.2. The molecule has 1 heterocycles. The molecule has 1 aromatic heterocycles. The number of hydrogen-bond acceptors (Lipinski definition) is 4. The molecule has 0 saturated heterocycles. The number of nitrogens with one attached hydrogen (secondary N) is 2. The van der Waals surface area contributed by atoms with Crippen LogP contribution in [0.3, 0.4) is 0 Å². The third-order valence-electron chi connectivity index (χ3n) is 2.25. The molecule has 0 aliphatic carbocycles. The highest BCUT2D eigenvalue weighted by molar-refractivity contribution is 9.10. The van der Waals surface area contributed by atoms with Gasteiger partial charge in [0.2, 0.25) is 5.91 Å². The minimum Gasteiger partial charge on any atom is -0.477 e. The van der Waals surface area contributed by atoms with Gasteiger partial charge in [0, 0.05) is 10.2 Å². The van der Waals surface area contributed by atoms with Gasteiger partial charge in [0.15, 0.2) is 5.16 Å². The van der Waals surface area contributed by atoms with Crippen molar-refractivity contribution < 1.29 is 14.7 Å². The van der Waals surface area contributed by atoms with E-state index in [4.69, 9.17) is 5.11 Å². The number of aromatic amines is 1. The van der Waals surface area contributed by atoms with Gasteiger partial charge in [-0.05, 0) is 24.3 Å². The first-order chi connectivity index (χ1) is 9.54. The lowest BCUT2D eigenvalue weighted by Crippen LogP contribution is -2.14. The average molecular weight is 356 g/mol. The number of benzene rings is 1. The molecule has 2 aromatic rings. The zero-order valence-corrected chi connectivity index (χ0v) is 12.5. The van der Waals surface area contributed by atoms with Crippen molar-refractivity contribution in [2.75, 3.05) is 11.1 Å². The number of aromatic carboxylic acids is 1. The molecule has 0 unspecified atom stereocenters. The van der Waals surface area contributed by atoms with E-state index in [9.17, 15) is 9.59 Å². The number of halogens is 1. The van der Waals surface area contributed by atoms with E-state index in [2.05, 4.69) is 31.2 Å². The Hall–Kier alpha value is -1.80. The van der Waals surface area contributed by atoms with Crippen molar-refractivity contribution in [1.29, 1.82) is 0 Å². The number of rotatable bonds is 5. The van der Waals surface area contributed by atoms with Crippen LogP contribution >= 0.6 is 27.7 Å². The second kappa shape index (κ2) is 6.58. The number of anilines is 1. The third kappa shape index (κ3) is 4.10. The number of carbonyl (C=O) groups excluding carboxylic acids is 1. The molecule has 0 fully saturated rings. The van der Waals surface area contributed by atoms with Crippen molar-refractivity contribution in [3.8, 4) is 0 Å². The minimum absolute atomic E-state index is 0.000757. The Morgan fingerprint density at radius 3 is 2.65 bits per heavy atom. The topological polar surface area (TPSA) is 95.1 Å². The summed E-state index contributed by atoms with van der Waals surface area (Å²) in [6.45, 7) is 0. The second-order valence-electron chi connectivity index (χ2n) is 3.75. The van der Waals surface area contributed by atoms with Crippen LogP contribution < -0.4 is 5.32 Å². The molecule has 20 heavy (non-hydrogen) atoms. The van der Waals surface area contributed by atoms with Crippen LogP contribution in [0.2, 0.25) is 0 Å². The van der Waals surface area contributed by atoms with Gasteiger partial charge in [0.05, 0.1) is 11.9 Å². The van der Waals surface area contributed by atoms with E-state index in [1.165, 1.54) is 6.20 Å². The van der Waals surface area contributed by atoms with Crippen LogP contribution in [0.25, 0.3) is 0 Å². The van der Waals surface area contributed by atoms with E-state index in [-0.39, 0.29) is 17.4 Å². The minimum atomic E-state index is -1.08. The van der Waals surface area contributed by atoms with Gasteiger partial charge < -0.3 is 15.4 Å². The van der Waals surface area contributed by atoms with Crippen molar-refractivity contribution in [3.05, 3.63) is 40.6 Å². The summed E-state index contributed by atoms with van der Waals surface area (Å²) in [6, 6.07) is 7.22. The standard InChI is InChI=1S/C12H10BrN3O3S/c13-7-1-3-8(4-2-7)15-10(17)6-20-12-14-5-9(16-12)11(18)19/h1-5H,6H2,(H,14,16)(H,15,17)(H,18,19). The maximum Gasteiger partial charge on any atom is 0.353 e. The molecule has 3 N–H and O–H groups in total. The maximum atomic E-state index is 11.7. The lowest BCUT2D eigenvalue weighted by molar-refractivity contribution is -0.113. The summed E-state index contributed by atoms with van der Waals surface area (Å²) in [5.41, 5.74) is 0.699. The lowest BCUT2D eigenvalue weighted by atomic mass is 10.3. The molecular formula is C12H10BrN3O3S. The van der Waals surface area contributed by atoms with E-state index < -0.39 is 5.97 Å². The summed E-state index contributed by atoms with van der Waals surface area (Å²) in [5, 5.41) is 11.9. The molecule has 0 bridgehead atoms. The van der Waals surface area contributed by atoms with Crippen molar-refractivity contribution in [2.45, 2.75) is 5.16 Å². The van der Waals surface area contributed by atoms with Gasteiger partial charge in [-0.15, -0.1) is 0 Å². The molecule has 0 aliphatic rings. The number of imidazole rings is 1. The van der Waals surface area contributed by atoms with Gasteiger partial charge in [-0.25, -0.2) is 9.78 Å². The number of amides is 1. The molecule has 1 amide bonds. The largest absolute Gasteiger partial charge is 0.477 e.